The molecule has 0 saturated heterocycles. The average molecular weight is 377 g/mol. The highest BCUT2D eigenvalue weighted by atomic mass is 79.9. The van der Waals surface area contributed by atoms with Crippen molar-refractivity contribution >= 4 is 31.6 Å². The number of hydrogen-bond donors (Lipinski definition) is 2. The second-order valence-electron chi connectivity index (χ2n) is 4.54. The van der Waals surface area contributed by atoms with Gasteiger partial charge >= 0.3 is 0 Å². The second-order valence-corrected chi connectivity index (χ2v) is 7.13. The van der Waals surface area contributed by atoms with Crippen molar-refractivity contribution in [1.82, 2.24) is 14.5 Å². The normalized spacial score (nSPS) is 11.8. The van der Waals surface area contributed by atoms with Crippen molar-refractivity contribution in [2.45, 2.75) is 18.4 Å². The van der Waals surface area contributed by atoms with Gasteiger partial charge in [0.05, 0.1) is 16.3 Å². The minimum absolute atomic E-state index is 0.0890. The molecule has 0 bridgehead atoms. The predicted octanol–water partition coefficient (Wildman–Crippen LogP) is 1.69. The maximum Gasteiger partial charge on any atom is 0.242 e. The van der Waals surface area contributed by atoms with Gasteiger partial charge in [0.15, 0.2) is 0 Å². The van der Waals surface area contributed by atoms with Crippen LogP contribution in [0, 0.1) is 12.7 Å². The van der Waals surface area contributed by atoms with Crippen LogP contribution in [-0.4, -0.2) is 18.2 Å². The first-order valence-electron chi connectivity index (χ1n) is 5.94. The number of nitrogens with two attached hydrogens (primary N) is 1. The quantitative estimate of drug-likeness (QED) is 0.794. The van der Waals surface area contributed by atoms with E-state index < -0.39 is 15.8 Å². The fourth-order valence-corrected chi connectivity index (χ4v) is 3.88. The van der Waals surface area contributed by atoms with E-state index in [1.807, 2.05) is 0 Å². The lowest BCUT2D eigenvalue weighted by Crippen LogP contribution is -2.24. The van der Waals surface area contributed by atoms with Crippen molar-refractivity contribution in [3.8, 4) is 0 Å². The lowest BCUT2D eigenvalue weighted by atomic mass is 10.3. The van der Waals surface area contributed by atoms with Crippen LogP contribution < -0.4 is 10.5 Å². The van der Waals surface area contributed by atoms with Crippen molar-refractivity contribution < 1.29 is 12.8 Å². The summed E-state index contributed by atoms with van der Waals surface area (Å²) in [6, 6.07) is 2.11. The number of anilines is 1. The Morgan fingerprint density at radius 1 is 1.48 bits per heavy atom. The molecule has 3 N–H and O–H groups in total. The standard InChI is InChI=1S/C12H14BrFN4O2S/c1-7-8(6-18(2)17-7)5-16-21(19,20)12-4-11(15)10(14)3-9(12)13/h3-4,6,16H,5,15H2,1-2H3. The van der Waals surface area contributed by atoms with Gasteiger partial charge in [-0.05, 0) is 35.0 Å². The average Bonchev–Trinajstić information content (AvgIpc) is 2.70. The molecule has 1 aromatic carbocycles. The third-order valence-corrected chi connectivity index (χ3v) is 5.27. The summed E-state index contributed by atoms with van der Waals surface area (Å²) in [6.07, 6.45) is 1.73. The minimum Gasteiger partial charge on any atom is -0.396 e. The Hall–Kier alpha value is -1.45. The summed E-state index contributed by atoms with van der Waals surface area (Å²) in [5, 5.41) is 4.13. The van der Waals surface area contributed by atoms with Crippen LogP contribution in [0.5, 0.6) is 0 Å². The van der Waals surface area contributed by atoms with Crippen molar-refractivity contribution in [3.63, 3.8) is 0 Å². The Labute approximate surface area is 130 Å². The zero-order chi connectivity index (χ0) is 15.8. The molecule has 0 unspecified atom stereocenters. The highest BCUT2D eigenvalue weighted by Gasteiger charge is 2.20. The summed E-state index contributed by atoms with van der Waals surface area (Å²) < 4.78 is 42.0. The number of nitrogen functional groups attached to an aromatic ring is 1. The molecule has 0 radical (unpaired) electrons. The van der Waals surface area contributed by atoms with Crippen molar-refractivity contribution in [3.05, 3.63) is 39.9 Å². The Kier molecular flexibility index (Phi) is 4.35. The summed E-state index contributed by atoms with van der Waals surface area (Å²) in [5.74, 6) is -0.677. The van der Waals surface area contributed by atoms with Gasteiger partial charge in [0, 0.05) is 29.8 Å². The van der Waals surface area contributed by atoms with Crippen molar-refractivity contribution in [2.24, 2.45) is 7.05 Å². The maximum atomic E-state index is 13.3. The van der Waals surface area contributed by atoms with Crippen LogP contribution in [0.25, 0.3) is 0 Å². The predicted molar refractivity (Wildman–Crippen MR) is 80.5 cm³/mol. The third kappa shape index (κ3) is 3.42. The molecule has 0 aliphatic rings. The zero-order valence-electron chi connectivity index (χ0n) is 11.4. The topological polar surface area (TPSA) is 90.0 Å². The van der Waals surface area contributed by atoms with Gasteiger partial charge in [0.2, 0.25) is 10.0 Å². The van der Waals surface area contributed by atoms with Crippen molar-refractivity contribution in [1.29, 1.82) is 0 Å². The van der Waals surface area contributed by atoms with Crippen LogP contribution >= 0.6 is 15.9 Å². The molecule has 2 aromatic rings. The molecule has 0 spiro atoms. The zero-order valence-corrected chi connectivity index (χ0v) is 13.8. The van der Waals surface area contributed by atoms with Gasteiger partial charge in [0.25, 0.3) is 0 Å². The van der Waals surface area contributed by atoms with Crippen LogP contribution in [0.2, 0.25) is 0 Å². The molecule has 21 heavy (non-hydrogen) atoms. The largest absolute Gasteiger partial charge is 0.396 e. The van der Waals surface area contributed by atoms with Crippen LogP contribution in [0.15, 0.2) is 27.7 Å². The molecule has 0 atom stereocenters. The molecule has 0 amide bonds. The molecule has 1 heterocycles. The fraction of sp³-hybridized carbons (Fsp3) is 0.250. The second kappa shape index (κ2) is 5.74. The number of aryl methyl sites for hydroxylation is 2. The summed E-state index contributed by atoms with van der Waals surface area (Å²) in [4.78, 5) is -0.108. The molecule has 0 fully saturated rings. The summed E-state index contributed by atoms with van der Waals surface area (Å²) in [7, 11) is -2.06. The van der Waals surface area contributed by atoms with E-state index in [2.05, 4.69) is 25.8 Å². The lowest BCUT2D eigenvalue weighted by Gasteiger charge is -2.09. The maximum absolute atomic E-state index is 13.3. The molecule has 0 aliphatic carbocycles. The van der Waals surface area contributed by atoms with Gasteiger partial charge in [-0.1, -0.05) is 0 Å². The van der Waals surface area contributed by atoms with Gasteiger partial charge in [-0.3, -0.25) is 4.68 Å². The molecular weight excluding hydrogens is 363 g/mol. The molecule has 9 heteroatoms. The van der Waals surface area contributed by atoms with Gasteiger partial charge in [-0.2, -0.15) is 5.10 Å². The monoisotopic (exact) mass is 376 g/mol. The highest BCUT2D eigenvalue weighted by molar-refractivity contribution is 9.10. The molecule has 1 aromatic heterocycles. The van der Waals surface area contributed by atoms with E-state index >= 15 is 0 Å². The Bertz CT molecular complexity index is 789. The SMILES string of the molecule is Cc1nn(C)cc1CNS(=O)(=O)c1cc(N)c(F)cc1Br. The molecule has 6 nitrogen and oxygen atoms in total. The van der Waals surface area contributed by atoms with Crippen LogP contribution in [0.3, 0.4) is 0 Å². The number of nitrogens with zero attached hydrogens (tertiary/aromatic N) is 2. The Balaban J connectivity index is 2.27. The van der Waals surface area contributed by atoms with E-state index in [0.717, 1.165) is 23.4 Å². The highest BCUT2D eigenvalue weighted by Crippen LogP contribution is 2.26. The van der Waals surface area contributed by atoms with Gasteiger partial charge in [-0.15, -0.1) is 0 Å². The number of rotatable bonds is 4. The van der Waals surface area contributed by atoms with E-state index in [-0.39, 0.29) is 21.6 Å². The lowest BCUT2D eigenvalue weighted by molar-refractivity contribution is 0.579. The summed E-state index contributed by atoms with van der Waals surface area (Å²) in [5.41, 5.74) is 6.68. The number of nitrogens with one attached hydrogen (secondary N) is 1. The molecule has 0 saturated carbocycles. The van der Waals surface area contributed by atoms with E-state index in [1.165, 1.54) is 0 Å². The number of benzene rings is 1. The van der Waals surface area contributed by atoms with Gasteiger partial charge in [-0.25, -0.2) is 17.5 Å². The van der Waals surface area contributed by atoms with Crippen molar-refractivity contribution in [2.75, 3.05) is 5.73 Å². The van der Waals surface area contributed by atoms with Gasteiger partial charge in [0.1, 0.15) is 5.82 Å². The molecule has 114 valence electrons. The van der Waals surface area contributed by atoms with E-state index in [0.29, 0.717) is 0 Å². The fourth-order valence-electron chi connectivity index (χ4n) is 1.82. The molecule has 2 rings (SSSR count). The number of halogens is 2. The van der Waals surface area contributed by atoms with E-state index in [9.17, 15) is 12.8 Å². The number of aromatic nitrogens is 2. The number of sulfonamides is 1. The van der Waals surface area contributed by atoms with E-state index in [4.69, 9.17) is 5.73 Å². The van der Waals surface area contributed by atoms with E-state index in [1.54, 1.807) is 24.9 Å². The van der Waals surface area contributed by atoms with Crippen LogP contribution in [0.4, 0.5) is 10.1 Å². The van der Waals surface area contributed by atoms with Crippen LogP contribution in [-0.2, 0) is 23.6 Å². The minimum atomic E-state index is -3.82. The summed E-state index contributed by atoms with van der Waals surface area (Å²) >= 11 is 3.03. The van der Waals surface area contributed by atoms with Crippen LogP contribution in [0.1, 0.15) is 11.3 Å². The molecule has 0 aliphatic heterocycles. The summed E-state index contributed by atoms with van der Waals surface area (Å²) in [6.45, 7) is 1.88. The first kappa shape index (κ1) is 15.9. The molecular formula is C12H14BrFN4O2S. The Morgan fingerprint density at radius 3 is 2.71 bits per heavy atom. The first-order chi connectivity index (χ1) is 9.70. The van der Waals surface area contributed by atoms with Gasteiger partial charge < -0.3 is 5.73 Å². The smallest absolute Gasteiger partial charge is 0.242 e. The number of hydrogen-bond acceptors (Lipinski definition) is 4. The third-order valence-electron chi connectivity index (χ3n) is 2.91. The first-order valence-corrected chi connectivity index (χ1v) is 8.21. The Morgan fingerprint density at radius 2 is 2.14 bits per heavy atom.